The highest BCUT2D eigenvalue weighted by Crippen LogP contribution is 2.38. The van der Waals surface area contributed by atoms with Gasteiger partial charge in [-0.25, -0.2) is 4.79 Å². The van der Waals surface area contributed by atoms with E-state index in [2.05, 4.69) is 5.32 Å². The van der Waals surface area contributed by atoms with Crippen molar-refractivity contribution in [1.82, 2.24) is 5.32 Å². The summed E-state index contributed by atoms with van der Waals surface area (Å²) in [5.74, 6) is 0.566. The van der Waals surface area contributed by atoms with E-state index in [1.54, 1.807) is 7.11 Å². The van der Waals surface area contributed by atoms with Gasteiger partial charge >= 0.3 is 5.97 Å². The molecular weight excluding hydrogens is 242 g/mol. The highest BCUT2D eigenvalue weighted by molar-refractivity contribution is 5.83. The number of fused-ring (bicyclic) bond motifs is 1. The number of ether oxygens (including phenoxy) is 2. The molecule has 0 fully saturated rings. The zero-order chi connectivity index (χ0) is 13.9. The van der Waals surface area contributed by atoms with Gasteiger partial charge in [-0.1, -0.05) is 6.07 Å². The molecule has 0 radical (unpaired) electrons. The van der Waals surface area contributed by atoms with Crippen LogP contribution >= 0.6 is 0 Å². The van der Waals surface area contributed by atoms with Crippen LogP contribution in [0.25, 0.3) is 0 Å². The van der Waals surface area contributed by atoms with E-state index in [4.69, 9.17) is 9.47 Å². The highest BCUT2D eigenvalue weighted by atomic mass is 16.5. The predicted octanol–water partition coefficient (Wildman–Crippen LogP) is 2.01. The van der Waals surface area contributed by atoms with E-state index in [1.807, 2.05) is 32.2 Å². The van der Waals surface area contributed by atoms with Gasteiger partial charge in [0, 0.05) is 0 Å². The standard InChI is InChI=1S/C15H21NO3/c1-4-19-14(17)15(16-2)9-5-6-11-7-8-12(18-3)10-13(11)15/h7-8,10,16H,4-6,9H2,1-3H3. The SMILES string of the molecule is CCOC(=O)C1(NC)CCCc2ccc(OC)cc21. The summed E-state index contributed by atoms with van der Waals surface area (Å²) in [7, 11) is 3.45. The molecule has 0 saturated heterocycles. The molecule has 19 heavy (non-hydrogen) atoms. The van der Waals surface area contributed by atoms with Crippen molar-refractivity contribution in [3.8, 4) is 5.75 Å². The summed E-state index contributed by atoms with van der Waals surface area (Å²) in [5, 5.41) is 3.18. The predicted molar refractivity (Wildman–Crippen MR) is 73.3 cm³/mol. The number of carbonyl (C=O) groups excluding carboxylic acids is 1. The van der Waals surface area contributed by atoms with Crippen molar-refractivity contribution in [2.24, 2.45) is 0 Å². The maximum atomic E-state index is 12.4. The lowest BCUT2D eigenvalue weighted by molar-refractivity contribution is -0.152. The van der Waals surface area contributed by atoms with Gasteiger partial charge in [0.2, 0.25) is 0 Å². The first-order valence-corrected chi connectivity index (χ1v) is 6.71. The second kappa shape index (κ2) is 5.61. The molecule has 0 spiro atoms. The minimum Gasteiger partial charge on any atom is -0.497 e. The van der Waals surface area contributed by atoms with Gasteiger partial charge in [0.05, 0.1) is 13.7 Å². The second-order valence-corrected chi connectivity index (χ2v) is 4.75. The van der Waals surface area contributed by atoms with Gasteiger partial charge in [-0.05, 0) is 56.5 Å². The van der Waals surface area contributed by atoms with Gasteiger partial charge < -0.3 is 14.8 Å². The first kappa shape index (κ1) is 13.9. The summed E-state index contributed by atoms with van der Waals surface area (Å²) in [5.41, 5.74) is 1.44. The molecule has 1 N–H and O–H groups in total. The summed E-state index contributed by atoms with van der Waals surface area (Å²) in [4.78, 5) is 12.4. The van der Waals surface area contributed by atoms with Crippen molar-refractivity contribution in [2.45, 2.75) is 31.7 Å². The molecule has 0 heterocycles. The largest absolute Gasteiger partial charge is 0.497 e. The molecule has 2 rings (SSSR count). The van der Waals surface area contributed by atoms with Crippen LogP contribution in [0.3, 0.4) is 0 Å². The molecule has 1 unspecified atom stereocenters. The summed E-state index contributed by atoms with van der Waals surface area (Å²) in [6.07, 6.45) is 2.71. The van der Waals surface area contributed by atoms with Crippen LogP contribution in [0.15, 0.2) is 18.2 Å². The molecule has 1 aromatic carbocycles. The maximum absolute atomic E-state index is 12.4. The molecule has 0 saturated carbocycles. The van der Waals surface area contributed by atoms with Crippen LogP contribution in [0.1, 0.15) is 30.9 Å². The zero-order valence-electron chi connectivity index (χ0n) is 11.8. The third-order valence-electron chi connectivity index (χ3n) is 3.83. The fourth-order valence-corrected chi connectivity index (χ4v) is 2.80. The molecule has 1 aliphatic rings. The van der Waals surface area contributed by atoms with E-state index in [0.717, 1.165) is 30.6 Å². The monoisotopic (exact) mass is 263 g/mol. The Morgan fingerprint density at radius 2 is 2.26 bits per heavy atom. The van der Waals surface area contributed by atoms with Crippen molar-refractivity contribution in [3.05, 3.63) is 29.3 Å². The molecule has 104 valence electrons. The van der Waals surface area contributed by atoms with E-state index in [-0.39, 0.29) is 5.97 Å². The normalized spacial score (nSPS) is 21.6. The van der Waals surface area contributed by atoms with Gasteiger partial charge in [0.15, 0.2) is 0 Å². The van der Waals surface area contributed by atoms with E-state index < -0.39 is 5.54 Å². The zero-order valence-corrected chi connectivity index (χ0v) is 11.8. The molecule has 1 atom stereocenters. The van der Waals surface area contributed by atoms with E-state index >= 15 is 0 Å². The molecule has 0 aromatic heterocycles. The van der Waals surface area contributed by atoms with E-state index in [9.17, 15) is 4.79 Å². The molecule has 0 aliphatic heterocycles. The fourth-order valence-electron chi connectivity index (χ4n) is 2.80. The Hall–Kier alpha value is -1.55. The average molecular weight is 263 g/mol. The number of benzene rings is 1. The Bertz CT molecular complexity index is 472. The Kier molecular flexibility index (Phi) is 4.10. The maximum Gasteiger partial charge on any atom is 0.330 e. The topological polar surface area (TPSA) is 47.6 Å². The van der Waals surface area contributed by atoms with Gasteiger partial charge in [-0.2, -0.15) is 0 Å². The smallest absolute Gasteiger partial charge is 0.330 e. The van der Waals surface area contributed by atoms with E-state index in [0.29, 0.717) is 6.61 Å². The highest BCUT2D eigenvalue weighted by Gasteiger charge is 2.43. The lowest BCUT2D eigenvalue weighted by Gasteiger charge is -2.36. The Balaban J connectivity index is 2.50. The van der Waals surface area contributed by atoms with Crippen LogP contribution in [0, 0.1) is 0 Å². The van der Waals surface area contributed by atoms with Crippen LogP contribution in [0.5, 0.6) is 5.75 Å². The van der Waals surface area contributed by atoms with Crippen molar-refractivity contribution < 1.29 is 14.3 Å². The third-order valence-corrected chi connectivity index (χ3v) is 3.83. The van der Waals surface area contributed by atoms with Gasteiger partial charge in [-0.3, -0.25) is 0 Å². The van der Waals surface area contributed by atoms with Crippen molar-refractivity contribution in [2.75, 3.05) is 20.8 Å². The fraction of sp³-hybridized carbons (Fsp3) is 0.533. The van der Waals surface area contributed by atoms with Gasteiger partial charge in [-0.15, -0.1) is 0 Å². The average Bonchev–Trinajstić information content (AvgIpc) is 2.46. The van der Waals surface area contributed by atoms with Gasteiger partial charge in [0.1, 0.15) is 11.3 Å². The van der Waals surface area contributed by atoms with Crippen molar-refractivity contribution in [3.63, 3.8) is 0 Å². The first-order valence-electron chi connectivity index (χ1n) is 6.71. The number of methoxy groups -OCH3 is 1. The quantitative estimate of drug-likeness (QED) is 0.844. The molecule has 0 bridgehead atoms. The molecule has 1 aromatic rings. The van der Waals surface area contributed by atoms with Crippen LogP contribution in [-0.4, -0.2) is 26.7 Å². The number of hydrogen-bond acceptors (Lipinski definition) is 4. The van der Waals surface area contributed by atoms with Crippen LogP contribution in [0.2, 0.25) is 0 Å². The summed E-state index contributed by atoms with van der Waals surface area (Å²) < 4.78 is 10.5. The number of hydrogen-bond donors (Lipinski definition) is 1. The number of aryl methyl sites for hydroxylation is 1. The summed E-state index contributed by atoms with van der Waals surface area (Å²) in [6, 6.07) is 5.93. The number of carbonyl (C=O) groups is 1. The first-order chi connectivity index (χ1) is 9.17. The van der Waals surface area contributed by atoms with Crippen LogP contribution in [0.4, 0.5) is 0 Å². The number of rotatable bonds is 4. The summed E-state index contributed by atoms with van der Waals surface area (Å²) in [6.45, 7) is 2.22. The van der Waals surface area contributed by atoms with Crippen LogP contribution in [-0.2, 0) is 21.5 Å². The molecule has 4 nitrogen and oxygen atoms in total. The van der Waals surface area contributed by atoms with Gasteiger partial charge in [0.25, 0.3) is 0 Å². The second-order valence-electron chi connectivity index (χ2n) is 4.75. The third kappa shape index (κ3) is 2.32. The molecular formula is C15H21NO3. The number of nitrogens with one attached hydrogen (secondary N) is 1. The minimum absolute atomic E-state index is 0.202. The van der Waals surface area contributed by atoms with Crippen LogP contribution < -0.4 is 10.1 Å². The Labute approximate surface area is 114 Å². The van der Waals surface area contributed by atoms with Crippen molar-refractivity contribution >= 4 is 5.97 Å². The lowest BCUT2D eigenvalue weighted by atomic mass is 9.76. The molecule has 4 heteroatoms. The number of esters is 1. The molecule has 1 aliphatic carbocycles. The van der Waals surface area contributed by atoms with Crippen molar-refractivity contribution in [1.29, 1.82) is 0 Å². The molecule has 0 amide bonds. The lowest BCUT2D eigenvalue weighted by Crippen LogP contribution is -2.50. The van der Waals surface area contributed by atoms with E-state index in [1.165, 1.54) is 5.56 Å². The number of likely N-dealkylation sites (N-methyl/N-ethyl adjacent to an activating group) is 1. The summed E-state index contributed by atoms with van der Waals surface area (Å²) >= 11 is 0. The Morgan fingerprint density at radius 1 is 1.47 bits per heavy atom. The Morgan fingerprint density at radius 3 is 2.89 bits per heavy atom. The minimum atomic E-state index is -0.738.